The lowest BCUT2D eigenvalue weighted by molar-refractivity contribution is 0.529. The molecule has 0 fully saturated rings. The Hall–Kier alpha value is -2.96. The quantitative estimate of drug-likeness (QED) is 0.501. The predicted molar refractivity (Wildman–Crippen MR) is 140 cm³/mol. The zero-order chi connectivity index (χ0) is 22.0. The fourth-order valence-electron chi connectivity index (χ4n) is 4.48. The molecule has 3 aromatic rings. The van der Waals surface area contributed by atoms with Crippen molar-refractivity contribution in [1.82, 2.24) is 10.2 Å². The molecule has 0 radical (unpaired) electrons. The normalized spacial score (nSPS) is 21.3. The van der Waals surface area contributed by atoms with E-state index in [1.807, 2.05) is 0 Å². The van der Waals surface area contributed by atoms with E-state index in [4.69, 9.17) is 9.98 Å². The molecule has 3 heterocycles. The summed E-state index contributed by atoms with van der Waals surface area (Å²) in [5.41, 5.74) is 6.48. The van der Waals surface area contributed by atoms with Crippen molar-refractivity contribution in [2.45, 2.75) is 25.2 Å². The summed E-state index contributed by atoms with van der Waals surface area (Å²) >= 11 is 3.52. The maximum absolute atomic E-state index is 5.12. The van der Waals surface area contributed by atoms with Gasteiger partial charge >= 0.3 is 0 Å². The van der Waals surface area contributed by atoms with Crippen LogP contribution < -0.4 is 5.32 Å². The van der Waals surface area contributed by atoms with E-state index in [0.717, 1.165) is 29.2 Å². The lowest BCUT2D eigenvalue weighted by Crippen LogP contribution is -2.26. The van der Waals surface area contributed by atoms with Crippen LogP contribution >= 0.6 is 23.5 Å². The summed E-state index contributed by atoms with van der Waals surface area (Å²) in [5.74, 6) is 0.864. The van der Waals surface area contributed by atoms with Gasteiger partial charge < -0.3 is 10.2 Å². The number of amidine groups is 2. The van der Waals surface area contributed by atoms with Gasteiger partial charge in [-0.05, 0) is 27.7 Å². The first kappa shape index (κ1) is 20.6. The Morgan fingerprint density at radius 2 is 1.58 bits per heavy atom. The Bertz CT molecular complexity index is 1240. The highest BCUT2D eigenvalue weighted by Crippen LogP contribution is 2.39. The van der Waals surface area contributed by atoms with E-state index in [2.05, 4.69) is 101 Å². The van der Waals surface area contributed by atoms with E-state index >= 15 is 0 Å². The second kappa shape index (κ2) is 9.12. The van der Waals surface area contributed by atoms with Crippen LogP contribution in [0.4, 0.5) is 0 Å². The molecule has 0 aromatic heterocycles. The number of thioether (sulfide) groups is 2. The molecule has 4 nitrogen and oxygen atoms in total. The van der Waals surface area contributed by atoms with Crippen LogP contribution in [0.1, 0.15) is 34.3 Å². The van der Waals surface area contributed by atoms with E-state index in [9.17, 15) is 0 Å². The second-order valence-corrected chi connectivity index (χ2v) is 10.1. The molecule has 0 saturated carbocycles. The number of hydrogen-bond donors (Lipinski definition) is 1. The van der Waals surface area contributed by atoms with Gasteiger partial charge in [-0.1, -0.05) is 108 Å². The number of hydrogen-bond acceptors (Lipinski definition) is 6. The Morgan fingerprint density at radius 1 is 0.879 bits per heavy atom. The van der Waals surface area contributed by atoms with Crippen molar-refractivity contribution in [1.29, 1.82) is 0 Å². The maximum Gasteiger partial charge on any atom is 0.168 e. The van der Waals surface area contributed by atoms with Crippen LogP contribution in [0.25, 0.3) is 0 Å². The molecule has 3 aromatic carbocycles. The smallest absolute Gasteiger partial charge is 0.168 e. The number of nitrogens with zero attached hydrogens (tertiary/aromatic N) is 3. The summed E-state index contributed by atoms with van der Waals surface area (Å²) in [6.07, 6.45) is 0. The summed E-state index contributed by atoms with van der Waals surface area (Å²) in [7, 11) is 0. The van der Waals surface area contributed by atoms with E-state index in [1.165, 1.54) is 28.0 Å². The molecule has 3 aliphatic heterocycles. The standard InChI is InChI=1S/C27H24N4S2/c1-3-9-19(10-4-1)24-25(20-11-5-2-6-12-20)30-26(29-24)32-17-23-18-33-27-28-15-21-13-7-8-14-22(21)16-31(23)27/h1-14,18,24-25H,15-17H2,(H,29,30)/t24-,25-/m0/s1. The molecule has 0 spiro atoms. The molecule has 2 atom stereocenters. The third kappa shape index (κ3) is 4.21. The van der Waals surface area contributed by atoms with Crippen LogP contribution in [-0.2, 0) is 13.1 Å². The fourth-order valence-corrected chi connectivity index (χ4v) is 6.41. The Kier molecular flexibility index (Phi) is 5.70. The van der Waals surface area contributed by atoms with Crippen LogP contribution in [0.15, 0.2) is 106 Å². The molecule has 0 unspecified atom stereocenters. The summed E-state index contributed by atoms with van der Waals surface area (Å²) in [4.78, 5) is 12.3. The summed E-state index contributed by atoms with van der Waals surface area (Å²) in [6, 6.07) is 30.1. The zero-order valence-corrected chi connectivity index (χ0v) is 19.7. The number of aliphatic imine (C=N–C) groups is 2. The molecule has 0 bridgehead atoms. The number of benzene rings is 3. The van der Waals surface area contributed by atoms with Gasteiger partial charge in [0.05, 0.1) is 19.1 Å². The molecule has 6 heteroatoms. The van der Waals surface area contributed by atoms with Gasteiger partial charge in [-0.15, -0.1) is 0 Å². The highest BCUT2D eigenvalue weighted by molar-refractivity contribution is 8.17. The maximum atomic E-state index is 5.12. The van der Waals surface area contributed by atoms with Crippen molar-refractivity contribution in [2.75, 3.05) is 5.75 Å². The minimum Gasteiger partial charge on any atom is -0.356 e. The fraction of sp³-hybridized carbons (Fsp3) is 0.185. The minimum atomic E-state index is 0.0743. The lowest BCUT2D eigenvalue weighted by atomic mass is 9.95. The first-order valence-electron chi connectivity index (χ1n) is 11.2. The molecule has 1 N–H and O–H groups in total. The SMILES string of the molecule is C1=C(CSC2=N[C@@H](c3ccccc3)[C@H](c3ccccc3)N2)N2Cc3ccccc3CN=C2S1. The van der Waals surface area contributed by atoms with Crippen molar-refractivity contribution in [3.05, 3.63) is 118 Å². The van der Waals surface area contributed by atoms with Crippen LogP contribution in [0, 0.1) is 0 Å². The summed E-state index contributed by atoms with van der Waals surface area (Å²) in [6.45, 7) is 1.64. The average molecular weight is 469 g/mol. The van der Waals surface area contributed by atoms with Crippen LogP contribution in [0.5, 0.6) is 0 Å². The molecular weight excluding hydrogens is 444 g/mol. The molecule has 0 amide bonds. The van der Waals surface area contributed by atoms with Crippen LogP contribution in [0.3, 0.4) is 0 Å². The molecule has 164 valence electrons. The van der Waals surface area contributed by atoms with Crippen molar-refractivity contribution >= 4 is 33.9 Å². The molecule has 0 saturated heterocycles. The number of fused-ring (bicyclic) bond motifs is 2. The van der Waals surface area contributed by atoms with Crippen molar-refractivity contribution in [2.24, 2.45) is 9.98 Å². The first-order valence-corrected chi connectivity index (χ1v) is 13.0. The summed E-state index contributed by atoms with van der Waals surface area (Å²) < 4.78 is 0. The monoisotopic (exact) mass is 468 g/mol. The number of nitrogens with one attached hydrogen (secondary N) is 1. The first-order chi connectivity index (χ1) is 16.3. The molecule has 33 heavy (non-hydrogen) atoms. The van der Waals surface area contributed by atoms with Crippen molar-refractivity contribution in [3.8, 4) is 0 Å². The highest BCUT2D eigenvalue weighted by Gasteiger charge is 2.32. The van der Waals surface area contributed by atoms with Gasteiger partial charge in [-0.3, -0.25) is 9.98 Å². The Labute approximate surface area is 202 Å². The predicted octanol–water partition coefficient (Wildman–Crippen LogP) is 6.12. The highest BCUT2D eigenvalue weighted by atomic mass is 32.2. The largest absolute Gasteiger partial charge is 0.356 e. The third-order valence-corrected chi connectivity index (χ3v) is 8.10. The number of rotatable bonds is 4. The Balaban J connectivity index is 1.20. The minimum absolute atomic E-state index is 0.0743. The van der Waals surface area contributed by atoms with Crippen molar-refractivity contribution in [3.63, 3.8) is 0 Å². The lowest BCUT2D eigenvalue weighted by Gasteiger charge is -2.21. The molecule has 3 aliphatic rings. The van der Waals surface area contributed by atoms with E-state index < -0.39 is 0 Å². The van der Waals surface area contributed by atoms with E-state index in [-0.39, 0.29) is 12.1 Å². The van der Waals surface area contributed by atoms with Gasteiger partial charge in [-0.2, -0.15) is 0 Å². The van der Waals surface area contributed by atoms with E-state index in [0.29, 0.717) is 0 Å². The van der Waals surface area contributed by atoms with Gasteiger partial charge in [0.1, 0.15) is 6.04 Å². The van der Waals surface area contributed by atoms with Gasteiger partial charge in [0.25, 0.3) is 0 Å². The van der Waals surface area contributed by atoms with Crippen LogP contribution in [0.2, 0.25) is 0 Å². The van der Waals surface area contributed by atoms with Gasteiger partial charge in [0, 0.05) is 11.4 Å². The molecule has 6 rings (SSSR count). The second-order valence-electron chi connectivity index (χ2n) is 8.29. The van der Waals surface area contributed by atoms with Crippen molar-refractivity contribution < 1.29 is 0 Å². The average Bonchev–Trinajstić information content (AvgIpc) is 3.42. The van der Waals surface area contributed by atoms with E-state index in [1.54, 1.807) is 23.5 Å². The van der Waals surface area contributed by atoms with Gasteiger partial charge in [-0.25, -0.2) is 0 Å². The zero-order valence-electron chi connectivity index (χ0n) is 18.1. The van der Waals surface area contributed by atoms with Gasteiger partial charge in [0.2, 0.25) is 0 Å². The van der Waals surface area contributed by atoms with Gasteiger partial charge in [0.15, 0.2) is 10.3 Å². The van der Waals surface area contributed by atoms with Crippen LogP contribution in [-0.4, -0.2) is 21.0 Å². The Morgan fingerprint density at radius 3 is 2.36 bits per heavy atom. The third-order valence-electron chi connectivity index (χ3n) is 6.22. The summed E-state index contributed by atoms with van der Waals surface area (Å²) in [5, 5.41) is 8.07. The molecular formula is C27H24N4S2. The topological polar surface area (TPSA) is 40.0 Å². The molecule has 0 aliphatic carbocycles.